The van der Waals surface area contributed by atoms with E-state index in [4.69, 9.17) is 5.73 Å². The van der Waals surface area contributed by atoms with Crippen LogP contribution in [0.4, 0.5) is 0 Å². The van der Waals surface area contributed by atoms with Crippen molar-refractivity contribution in [2.75, 3.05) is 0 Å². The lowest BCUT2D eigenvalue weighted by Crippen LogP contribution is -2.32. The Kier molecular flexibility index (Phi) is 3.56. The molecule has 0 aliphatic heterocycles. The van der Waals surface area contributed by atoms with E-state index in [1.54, 1.807) is 16.8 Å². The predicted molar refractivity (Wildman–Crippen MR) is 64.0 cm³/mol. The number of nitrogens with zero attached hydrogens (tertiary/aromatic N) is 1. The summed E-state index contributed by atoms with van der Waals surface area (Å²) in [5, 5.41) is 2.89. The molecule has 1 aliphatic rings. The fourth-order valence-corrected chi connectivity index (χ4v) is 2.37. The number of hydrogen-bond donors (Lipinski definition) is 2. The fraction of sp³-hybridized carbons (Fsp3) is 0.636. The highest BCUT2D eigenvalue weighted by atomic mass is 32.1. The second kappa shape index (κ2) is 4.93. The molecule has 1 aromatic rings. The molecule has 0 spiro atoms. The Hall–Kier alpha value is -0.940. The van der Waals surface area contributed by atoms with Crippen molar-refractivity contribution in [3.05, 3.63) is 16.1 Å². The van der Waals surface area contributed by atoms with Gasteiger partial charge in [-0.05, 0) is 25.7 Å². The van der Waals surface area contributed by atoms with Crippen molar-refractivity contribution in [1.82, 2.24) is 10.3 Å². The van der Waals surface area contributed by atoms with E-state index in [2.05, 4.69) is 10.3 Å². The number of aryl methyl sites for hydroxylation is 1. The van der Waals surface area contributed by atoms with E-state index in [1.807, 2.05) is 6.92 Å². The summed E-state index contributed by atoms with van der Waals surface area (Å²) in [5.74, 6) is 0.628. The lowest BCUT2D eigenvalue weighted by molar-refractivity contribution is -0.121. The maximum absolute atomic E-state index is 11.6. The van der Waals surface area contributed by atoms with Gasteiger partial charge in [0.15, 0.2) is 0 Å². The van der Waals surface area contributed by atoms with Crippen LogP contribution in [0, 0.1) is 12.8 Å². The summed E-state index contributed by atoms with van der Waals surface area (Å²) in [7, 11) is 0. The van der Waals surface area contributed by atoms with Crippen LogP contribution in [0.2, 0.25) is 0 Å². The van der Waals surface area contributed by atoms with Crippen LogP contribution in [-0.2, 0) is 11.3 Å². The van der Waals surface area contributed by atoms with E-state index >= 15 is 0 Å². The van der Waals surface area contributed by atoms with Gasteiger partial charge in [0.25, 0.3) is 0 Å². The maximum atomic E-state index is 11.6. The largest absolute Gasteiger partial charge is 0.351 e. The quantitative estimate of drug-likeness (QED) is 0.811. The summed E-state index contributed by atoms with van der Waals surface area (Å²) >= 11 is 1.57. The lowest BCUT2D eigenvalue weighted by atomic mass is 10.1. The van der Waals surface area contributed by atoms with Crippen LogP contribution in [0.15, 0.2) is 5.51 Å². The minimum absolute atomic E-state index is 0.0440. The first-order chi connectivity index (χ1) is 7.66. The van der Waals surface area contributed by atoms with Crippen LogP contribution in [-0.4, -0.2) is 16.9 Å². The zero-order valence-electron chi connectivity index (χ0n) is 9.40. The molecule has 1 amide bonds. The van der Waals surface area contributed by atoms with E-state index < -0.39 is 0 Å². The first kappa shape index (κ1) is 11.5. The second-order valence-electron chi connectivity index (χ2n) is 4.34. The van der Waals surface area contributed by atoms with Crippen molar-refractivity contribution in [2.45, 2.75) is 38.8 Å². The molecule has 1 saturated carbocycles. The molecule has 0 radical (unpaired) electrons. The van der Waals surface area contributed by atoms with Gasteiger partial charge in [-0.1, -0.05) is 0 Å². The summed E-state index contributed by atoms with van der Waals surface area (Å²) in [6.07, 6.45) is 2.81. The molecule has 1 fully saturated rings. The van der Waals surface area contributed by atoms with Crippen LogP contribution < -0.4 is 11.1 Å². The van der Waals surface area contributed by atoms with Gasteiger partial charge in [-0.15, -0.1) is 11.3 Å². The van der Waals surface area contributed by atoms with Gasteiger partial charge in [0.05, 0.1) is 17.7 Å². The summed E-state index contributed by atoms with van der Waals surface area (Å²) in [4.78, 5) is 16.8. The zero-order valence-corrected chi connectivity index (χ0v) is 10.2. The van der Waals surface area contributed by atoms with E-state index in [-0.39, 0.29) is 11.9 Å². The van der Waals surface area contributed by atoms with Gasteiger partial charge in [-0.25, -0.2) is 4.98 Å². The maximum Gasteiger partial charge on any atom is 0.221 e. The fourth-order valence-electron chi connectivity index (χ4n) is 1.65. The van der Waals surface area contributed by atoms with Gasteiger partial charge >= 0.3 is 0 Å². The van der Waals surface area contributed by atoms with Crippen LogP contribution in [0.25, 0.3) is 0 Å². The minimum atomic E-state index is 0.0440. The molecular weight excluding hydrogens is 222 g/mol. The van der Waals surface area contributed by atoms with Crippen LogP contribution in [0.5, 0.6) is 0 Å². The SMILES string of the molecule is Cc1ncsc1CNC(=O)CC(N)C1CC1. The van der Waals surface area contributed by atoms with E-state index in [1.165, 1.54) is 12.8 Å². The van der Waals surface area contributed by atoms with Gasteiger partial charge in [0, 0.05) is 17.3 Å². The van der Waals surface area contributed by atoms with Crippen LogP contribution >= 0.6 is 11.3 Å². The second-order valence-corrected chi connectivity index (χ2v) is 5.28. The Balaban J connectivity index is 1.73. The molecule has 1 heterocycles. The third-order valence-corrected chi connectivity index (χ3v) is 3.87. The Labute approximate surface area is 99.3 Å². The topological polar surface area (TPSA) is 68.0 Å². The standard InChI is InChI=1S/C11H17N3OS/c1-7-10(16-6-14-7)5-13-11(15)4-9(12)8-2-3-8/h6,8-9H,2-5,12H2,1H3,(H,13,15). The molecule has 1 atom stereocenters. The third-order valence-electron chi connectivity index (χ3n) is 2.94. The normalized spacial score (nSPS) is 17.1. The summed E-state index contributed by atoms with van der Waals surface area (Å²) in [6.45, 7) is 2.53. The molecule has 4 nitrogen and oxygen atoms in total. The Morgan fingerprint density at radius 1 is 1.75 bits per heavy atom. The number of nitrogens with two attached hydrogens (primary N) is 1. The molecule has 0 bridgehead atoms. The van der Waals surface area contributed by atoms with Crippen molar-refractivity contribution in [3.63, 3.8) is 0 Å². The van der Waals surface area contributed by atoms with Crippen LogP contribution in [0.1, 0.15) is 29.8 Å². The van der Waals surface area contributed by atoms with E-state index in [9.17, 15) is 4.79 Å². The Morgan fingerprint density at radius 2 is 2.50 bits per heavy atom. The average molecular weight is 239 g/mol. The average Bonchev–Trinajstić information content (AvgIpc) is 3.00. The molecule has 0 saturated heterocycles. The Morgan fingerprint density at radius 3 is 3.06 bits per heavy atom. The number of nitrogens with one attached hydrogen (secondary N) is 1. The zero-order chi connectivity index (χ0) is 11.5. The van der Waals surface area contributed by atoms with Gasteiger partial charge in [-0.3, -0.25) is 4.79 Å². The third kappa shape index (κ3) is 3.02. The van der Waals surface area contributed by atoms with Crippen molar-refractivity contribution >= 4 is 17.2 Å². The molecule has 3 N–H and O–H groups in total. The monoisotopic (exact) mass is 239 g/mol. The molecule has 88 valence electrons. The minimum Gasteiger partial charge on any atom is -0.351 e. The molecule has 1 aliphatic carbocycles. The number of carbonyl (C=O) groups is 1. The smallest absolute Gasteiger partial charge is 0.221 e. The first-order valence-electron chi connectivity index (χ1n) is 5.58. The number of hydrogen-bond acceptors (Lipinski definition) is 4. The highest BCUT2D eigenvalue weighted by molar-refractivity contribution is 7.09. The number of rotatable bonds is 5. The van der Waals surface area contributed by atoms with E-state index in [0.717, 1.165) is 10.6 Å². The van der Waals surface area contributed by atoms with Crippen molar-refractivity contribution in [1.29, 1.82) is 0 Å². The molecular formula is C11H17N3OS. The van der Waals surface area contributed by atoms with E-state index in [0.29, 0.717) is 18.9 Å². The molecule has 0 aromatic carbocycles. The first-order valence-corrected chi connectivity index (χ1v) is 6.46. The Bertz CT molecular complexity index is 373. The molecule has 1 unspecified atom stereocenters. The number of aromatic nitrogens is 1. The summed E-state index contributed by atoms with van der Waals surface area (Å²) < 4.78 is 0. The molecule has 1 aromatic heterocycles. The van der Waals surface area contributed by atoms with Gasteiger partial charge < -0.3 is 11.1 Å². The van der Waals surface area contributed by atoms with Gasteiger partial charge in [-0.2, -0.15) is 0 Å². The van der Waals surface area contributed by atoms with Crippen molar-refractivity contribution in [2.24, 2.45) is 11.7 Å². The summed E-state index contributed by atoms with van der Waals surface area (Å²) in [5.41, 5.74) is 8.68. The molecule has 16 heavy (non-hydrogen) atoms. The van der Waals surface area contributed by atoms with Crippen molar-refractivity contribution < 1.29 is 4.79 Å². The van der Waals surface area contributed by atoms with Gasteiger partial charge in [0.2, 0.25) is 5.91 Å². The number of thiazole rings is 1. The highest BCUT2D eigenvalue weighted by Crippen LogP contribution is 2.32. The molecule has 5 heteroatoms. The molecule has 2 rings (SSSR count). The number of amides is 1. The van der Waals surface area contributed by atoms with Crippen molar-refractivity contribution in [3.8, 4) is 0 Å². The van der Waals surface area contributed by atoms with Crippen LogP contribution in [0.3, 0.4) is 0 Å². The van der Waals surface area contributed by atoms with Gasteiger partial charge in [0.1, 0.15) is 0 Å². The number of carbonyl (C=O) groups excluding carboxylic acids is 1. The highest BCUT2D eigenvalue weighted by Gasteiger charge is 2.29. The lowest BCUT2D eigenvalue weighted by Gasteiger charge is -2.09. The predicted octanol–water partition coefficient (Wildman–Crippen LogP) is 1.20. The summed E-state index contributed by atoms with van der Waals surface area (Å²) in [6, 6.07) is 0.0440.